The molecule has 0 aliphatic carbocycles. The summed E-state index contributed by atoms with van der Waals surface area (Å²) in [6.07, 6.45) is 2.51. The minimum Gasteiger partial charge on any atom is -0.361 e. The van der Waals surface area contributed by atoms with Crippen LogP contribution in [0.2, 0.25) is 0 Å². The molecule has 1 aliphatic heterocycles. The molecule has 25 heavy (non-hydrogen) atoms. The van der Waals surface area contributed by atoms with Gasteiger partial charge < -0.3 is 19.6 Å². The van der Waals surface area contributed by atoms with Crippen LogP contribution in [0.25, 0.3) is 0 Å². The highest BCUT2D eigenvalue weighted by molar-refractivity contribution is 5.80. The van der Waals surface area contributed by atoms with Gasteiger partial charge in [-0.3, -0.25) is 9.89 Å². The van der Waals surface area contributed by atoms with Crippen LogP contribution in [0.1, 0.15) is 31.2 Å². The van der Waals surface area contributed by atoms with Gasteiger partial charge in [-0.2, -0.15) is 0 Å². The van der Waals surface area contributed by atoms with E-state index in [-0.39, 0.29) is 0 Å². The third-order valence-electron chi connectivity index (χ3n) is 4.62. The molecule has 1 saturated heterocycles. The van der Waals surface area contributed by atoms with Crippen LogP contribution >= 0.6 is 0 Å². The van der Waals surface area contributed by atoms with Crippen molar-refractivity contribution >= 4 is 5.96 Å². The maximum absolute atomic E-state index is 5.15. The maximum Gasteiger partial charge on any atom is 0.193 e. The number of aryl methyl sites for hydroxylation is 1. The van der Waals surface area contributed by atoms with E-state index in [1.165, 1.54) is 12.8 Å². The predicted molar refractivity (Wildman–Crippen MR) is 102 cm³/mol. The second-order valence-corrected chi connectivity index (χ2v) is 6.82. The first-order chi connectivity index (χ1) is 12.1. The first kappa shape index (κ1) is 19.7. The number of aromatic nitrogens is 1. The number of rotatable bonds is 8. The van der Waals surface area contributed by atoms with Gasteiger partial charge in [0.05, 0.1) is 5.69 Å². The van der Waals surface area contributed by atoms with Gasteiger partial charge in [-0.1, -0.05) is 18.5 Å². The molecule has 0 aromatic carbocycles. The number of nitrogens with zero attached hydrogens (tertiary/aromatic N) is 5. The Kier molecular flexibility index (Phi) is 8.21. The lowest BCUT2D eigenvalue weighted by molar-refractivity contribution is 0.168. The van der Waals surface area contributed by atoms with Gasteiger partial charge in [0.1, 0.15) is 5.76 Å². The van der Waals surface area contributed by atoms with E-state index in [4.69, 9.17) is 4.52 Å². The molecule has 0 bridgehead atoms. The van der Waals surface area contributed by atoms with Crippen molar-refractivity contribution in [3.8, 4) is 0 Å². The predicted octanol–water partition coefficient (Wildman–Crippen LogP) is 1.41. The summed E-state index contributed by atoms with van der Waals surface area (Å²) >= 11 is 0. The summed E-state index contributed by atoms with van der Waals surface area (Å²) in [5.74, 6) is 1.89. The Morgan fingerprint density at radius 1 is 1.32 bits per heavy atom. The van der Waals surface area contributed by atoms with E-state index in [0.29, 0.717) is 0 Å². The zero-order chi connectivity index (χ0) is 18.1. The highest BCUT2D eigenvalue weighted by Crippen LogP contribution is 2.09. The molecule has 0 atom stereocenters. The van der Waals surface area contributed by atoms with Gasteiger partial charge in [0, 0.05) is 58.9 Å². The van der Waals surface area contributed by atoms with E-state index >= 15 is 0 Å². The van der Waals surface area contributed by atoms with Gasteiger partial charge in [-0.05, 0) is 26.9 Å². The van der Waals surface area contributed by atoms with Crippen LogP contribution in [0.4, 0.5) is 0 Å². The fourth-order valence-corrected chi connectivity index (χ4v) is 3.07. The number of guanidine groups is 1. The molecule has 1 fully saturated rings. The molecule has 1 aromatic rings. The summed E-state index contributed by atoms with van der Waals surface area (Å²) in [5.41, 5.74) is 1.02. The van der Waals surface area contributed by atoms with Gasteiger partial charge in [0.15, 0.2) is 5.96 Å². The standard InChI is InChI=1S/C18H34N6O/c1-5-6-8-22(4)9-7-20-18(19-3)24-12-10-23(11-13-24)15-17-14-16(2)25-21-17/h14H,5-13,15H2,1-4H3,(H,19,20). The second-order valence-electron chi connectivity index (χ2n) is 6.82. The molecular weight excluding hydrogens is 316 g/mol. The van der Waals surface area contributed by atoms with Gasteiger partial charge in [0.2, 0.25) is 0 Å². The third-order valence-corrected chi connectivity index (χ3v) is 4.62. The molecule has 1 N–H and O–H groups in total. The molecule has 0 unspecified atom stereocenters. The number of piperazine rings is 1. The van der Waals surface area contributed by atoms with Crippen molar-refractivity contribution < 1.29 is 4.52 Å². The SMILES string of the molecule is CCCCN(C)CCNC(=NC)N1CCN(Cc2cc(C)on2)CC1. The Hall–Kier alpha value is -1.60. The molecule has 1 aromatic heterocycles. The monoisotopic (exact) mass is 350 g/mol. The number of hydrogen-bond donors (Lipinski definition) is 1. The van der Waals surface area contributed by atoms with Gasteiger partial charge in [-0.15, -0.1) is 0 Å². The van der Waals surface area contributed by atoms with Crippen molar-refractivity contribution in [2.75, 3.05) is 59.9 Å². The van der Waals surface area contributed by atoms with Gasteiger partial charge in [0.25, 0.3) is 0 Å². The first-order valence-corrected chi connectivity index (χ1v) is 9.41. The number of nitrogens with one attached hydrogen (secondary N) is 1. The lowest BCUT2D eigenvalue weighted by Crippen LogP contribution is -2.52. The minimum atomic E-state index is 0.861. The van der Waals surface area contributed by atoms with Crippen LogP contribution in [-0.4, -0.2) is 85.7 Å². The highest BCUT2D eigenvalue weighted by atomic mass is 16.5. The molecule has 142 valence electrons. The Morgan fingerprint density at radius 2 is 2.08 bits per heavy atom. The van der Waals surface area contributed by atoms with Crippen molar-refractivity contribution in [3.63, 3.8) is 0 Å². The molecule has 1 aliphatic rings. The number of hydrogen-bond acceptors (Lipinski definition) is 5. The molecule has 0 amide bonds. The van der Waals surface area contributed by atoms with Crippen LogP contribution in [0, 0.1) is 6.92 Å². The minimum absolute atomic E-state index is 0.861. The van der Waals surface area contributed by atoms with E-state index in [9.17, 15) is 0 Å². The van der Waals surface area contributed by atoms with Gasteiger partial charge >= 0.3 is 0 Å². The van der Waals surface area contributed by atoms with E-state index in [2.05, 4.69) is 44.1 Å². The van der Waals surface area contributed by atoms with Crippen LogP contribution in [0.3, 0.4) is 0 Å². The van der Waals surface area contributed by atoms with Crippen molar-refractivity contribution in [1.82, 2.24) is 25.2 Å². The van der Waals surface area contributed by atoms with Gasteiger partial charge in [-0.25, -0.2) is 0 Å². The third kappa shape index (κ3) is 6.66. The number of unbranched alkanes of at least 4 members (excludes halogenated alkanes) is 1. The Morgan fingerprint density at radius 3 is 2.68 bits per heavy atom. The van der Waals surface area contributed by atoms with Crippen LogP contribution in [-0.2, 0) is 6.54 Å². The molecule has 0 spiro atoms. The largest absolute Gasteiger partial charge is 0.361 e. The summed E-state index contributed by atoms with van der Waals surface area (Å²) in [5, 5.41) is 7.59. The highest BCUT2D eigenvalue weighted by Gasteiger charge is 2.20. The van der Waals surface area contributed by atoms with Crippen molar-refractivity contribution in [3.05, 3.63) is 17.5 Å². The molecular formula is C18H34N6O. The molecule has 7 heteroatoms. The normalized spacial score (nSPS) is 16.7. The number of likely N-dealkylation sites (N-methyl/N-ethyl adjacent to an activating group) is 1. The number of aliphatic imine (C=N–C) groups is 1. The molecule has 2 heterocycles. The average Bonchev–Trinajstić information content (AvgIpc) is 3.02. The Balaban J connectivity index is 1.68. The maximum atomic E-state index is 5.15. The average molecular weight is 351 g/mol. The lowest BCUT2D eigenvalue weighted by Gasteiger charge is -2.36. The van der Waals surface area contributed by atoms with E-state index in [1.54, 1.807) is 0 Å². The van der Waals surface area contributed by atoms with Crippen molar-refractivity contribution in [2.24, 2.45) is 4.99 Å². The molecule has 0 saturated carbocycles. The van der Waals surface area contributed by atoms with E-state index < -0.39 is 0 Å². The quantitative estimate of drug-likeness (QED) is 0.565. The van der Waals surface area contributed by atoms with E-state index in [1.807, 2.05) is 20.0 Å². The fraction of sp³-hybridized carbons (Fsp3) is 0.778. The lowest BCUT2D eigenvalue weighted by atomic mass is 10.3. The Bertz CT molecular complexity index is 521. The zero-order valence-electron chi connectivity index (χ0n) is 16.3. The van der Waals surface area contributed by atoms with E-state index in [0.717, 1.165) is 69.8 Å². The van der Waals surface area contributed by atoms with Crippen LogP contribution < -0.4 is 5.32 Å². The fourth-order valence-electron chi connectivity index (χ4n) is 3.07. The molecule has 7 nitrogen and oxygen atoms in total. The summed E-state index contributed by atoms with van der Waals surface area (Å²) in [6.45, 7) is 12.2. The van der Waals surface area contributed by atoms with Crippen molar-refractivity contribution in [1.29, 1.82) is 0 Å². The Labute approximate surface area is 152 Å². The first-order valence-electron chi connectivity index (χ1n) is 9.41. The topological polar surface area (TPSA) is 60.1 Å². The zero-order valence-corrected chi connectivity index (χ0v) is 16.3. The molecule has 0 radical (unpaired) electrons. The summed E-state index contributed by atoms with van der Waals surface area (Å²) < 4.78 is 5.15. The van der Waals surface area contributed by atoms with Crippen molar-refractivity contribution in [2.45, 2.75) is 33.2 Å². The van der Waals surface area contributed by atoms with Crippen LogP contribution in [0.15, 0.2) is 15.6 Å². The smallest absolute Gasteiger partial charge is 0.193 e. The van der Waals surface area contributed by atoms with Crippen LogP contribution in [0.5, 0.6) is 0 Å². The molecule has 2 rings (SSSR count). The summed E-state index contributed by atoms with van der Waals surface area (Å²) in [4.78, 5) is 11.6. The summed E-state index contributed by atoms with van der Waals surface area (Å²) in [6, 6.07) is 2.02. The second kappa shape index (κ2) is 10.4. The summed E-state index contributed by atoms with van der Waals surface area (Å²) in [7, 11) is 4.05.